The molecule has 0 saturated carbocycles. The maximum atomic E-state index is 12.0. The van der Waals surface area contributed by atoms with Gasteiger partial charge in [0.05, 0.1) is 5.54 Å². The number of carbonyl (C=O) groups is 1. The van der Waals surface area contributed by atoms with Gasteiger partial charge in [0, 0.05) is 18.3 Å². The van der Waals surface area contributed by atoms with Crippen molar-refractivity contribution in [3.8, 4) is 0 Å². The van der Waals surface area contributed by atoms with Crippen LogP contribution in [0.4, 0.5) is 10.5 Å². The van der Waals surface area contributed by atoms with E-state index in [9.17, 15) is 4.79 Å². The largest absolute Gasteiger partial charge is 0.385 e. The van der Waals surface area contributed by atoms with Gasteiger partial charge in [-0.2, -0.15) is 0 Å². The normalized spacial score (nSPS) is 14.4. The fourth-order valence-electron chi connectivity index (χ4n) is 2.75. The Morgan fingerprint density at radius 1 is 1.35 bits per heavy atom. The Balaban J connectivity index is 2.23. The van der Waals surface area contributed by atoms with Crippen LogP contribution in [0.2, 0.25) is 0 Å². The molecule has 0 saturated heterocycles. The van der Waals surface area contributed by atoms with Gasteiger partial charge in [0.25, 0.3) is 0 Å². The van der Waals surface area contributed by atoms with E-state index in [0.29, 0.717) is 0 Å². The number of rotatable bonds is 3. The van der Waals surface area contributed by atoms with Crippen molar-refractivity contribution < 1.29 is 4.79 Å². The summed E-state index contributed by atoms with van der Waals surface area (Å²) in [5.41, 5.74) is 3.34. The first kappa shape index (κ1) is 14.7. The molecule has 0 fully saturated rings. The first-order valence-corrected chi connectivity index (χ1v) is 7.35. The van der Waals surface area contributed by atoms with Crippen LogP contribution in [0.25, 0.3) is 0 Å². The molecule has 20 heavy (non-hydrogen) atoms. The van der Waals surface area contributed by atoms with Gasteiger partial charge in [-0.25, -0.2) is 4.79 Å². The zero-order chi connectivity index (χ0) is 14.8. The molecular formula is C16H25N3O. The number of fused-ring (bicyclic) bond motifs is 1. The molecular weight excluding hydrogens is 250 g/mol. The fourth-order valence-corrected chi connectivity index (χ4v) is 2.75. The molecule has 2 amide bonds. The Labute approximate surface area is 121 Å². The third-order valence-electron chi connectivity index (χ3n) is 3.61. The van der Waals surface area contributed by atoms with Gasteiger partial charge in [-0.1, -0.05) is 12.1 Å². The van der Waals surface area contributed by atoms with Crippen LogP contribution in [-0.4, -0.2) is 18.6 Å². The van der Waals surface area contributed by atoms with E-state index in [4.69, 9.17) is 0 Å². The molecule has 1 heterocycles. The van der Waals surface area contributed by atoms with Crippen LogP contribution in [-0.2, 0) is 12.0 Å². The molecule has 3 N–H and O–H groups in total. The predicted octanol–water partition coefficient (Wildman–Crippen LogP) is 2.99. The predicted molar refractivity (Wildman–Crippen MR) is 83.1 cm³/mol. The molecule has 110 valence electrons. The highest BCUT2D eigenvalue weighted by atomic mass is 16.2. The summed E-state index contributed by atoms with van der Waals surface area (Å²) >= 11 is 0. The minimum absolute atomic E-state index is 0.119. The summed E-state index contributed by atoms with van der Waals surface area (Å²) < 4.78 is 0. The molecule has 0 radical (unpaired) electrons. The van der Waals surface area contributed by atoms with Gasteiger partial charge in [0.15, 0.2) is 0 Å². The van der Waals surface area contributed by atoms with Gasteiger partial charge in [0.2, 0.25) is 0 Å². The van der Waals surface area contributed by atoms with E-state index in [2.05, 4.69) is 48.0 Å². The second kappa shape index (κ2) is 5.73. The van der Waals surface area contributed by atoms with Crippen molar-refractivity contribution in [2.75, 3.05) is 11.9 Å². The van der Waals surface area contributed by atoms with Crippen LogP contribution < -0.4 is 16.0 Å². The van der Waals surface area contributed by atoms with Gasteiger partial charge in [-0.15, -0.1) is 0 Å². The summed E-state index contributed by atoms with van der Waals surface area (Å²) in [4.78, 5) is 12.0. The highest BCUT2D eigenvalue weighted by Crippen LogP contribution is 2.32. The van der Waals surface area contributed by atoms with E-state index in [1.165, 1.54) is 16.8 Å². The number of amides is 2. The molecule has 2 rings (SSSR count). The van der Waals surface area contributed by atoms with Crippen LogP contribution in [0, 0.1) is 0 Å². The van der Waals surface area contributed by atoms with Crippen LogP contribution in [0.5, 0.6) is 0 Å². The molecule has 0 bridgehead atoms. The topological polar surface area (TPSA) is 53.2 Å². The Bertz CT molecular complexity index is 494. The molecule has 4 heteroatoms. The number of benzene rings is 1. The molecule has 0 spiro atoms. The second-order valence-corrected chi connectivity index (χ2v) is 6.24. The van der Waals surface area contributed by atoms with Crippen molar-refractivity contribution in [1.82, 2.24) is 10.6 Å². The van der Waals surface area contributed by atoms with E-state index in [-0.39, 0.29) is 17.6 Å². The van der Waals surface area contributed by atoms with Crippen LogP contribution >= 0.6 is 0 Å². The average molecular weight is 275 g/mol. The van der Waals surface area contributed by atoms with Crippen molar-refractivity contribution in [1.29, 1.82) is 0 Å². The maximum absolute atomic E-state index is 12.0. The zero-order valence-corrected chi connectivity index (χ0v) is 12.8. The number of carbonyl (C=O) groups excluding carboxylic acids is 1. The summed E-state index contributed by atoms with van der Waals surface area (Å²) in [5.74, 6) is 0. The lowest BCUT2D eigenvalue weighted by Crippen LogP contribution is -2.48. The molecule has 1 aliphatic heterocycles. The van der Waals surface area contributed by atoms with Gasteiger partial charge in [-0.3, -0.25) is 0 Å². The van der Waals surface area contributed by atoms with E-state index in [1.807, 2.05) is 13.8 Å². The second-order valence-electron chi connectivity index (χ2n) is 6.24. The average Bonchev–Trinajstić information content (AvgIpc) is 2.36. The summed E-state index contributed by atoms with van der Waals surface area (Å²) in [6.45, 7) is 9.05. The third-order valence-corrected chi connectivity index (χ3v) is 3.61. The Morgan fingerprint density at radius 3 is 2.80 bits per heavy atom. The van der Waals surface area contributed by atoms with Gasteiger partial charge >= 0.3 is 6.03 Å². The molecule has 0 atom stereocenters. The molecule has 1 aromatic carbocycles. The smallest absolute Gasteiger partial charge is 0.315 e. The Hall–Kier alpha value is -1.71. The molecule has 0 aromatic heterocycles. The number of anilines is 1. The monoisotopic (exact) mass is 275 g/mol. The van der Waals surface area contributed by atoms with Crippen molar-refractivity contribution in [2.24, 2.45) is 0 Å². The Kier molecular flexibility index (Phi) is 4.21. The highest BCUT2D eigenvalue weighted by molar-refractivity contribution is 5.75. The minimum Gasteiger partial charge on any atom is -0.385 e. The van der Waals surface area contributed by atoms with Crippen LogP contribution in [0.15, 0.2) is 18.2 Å². The SMILES string of the molecule is CC(C)NC(=O)NC(C)(C)c1cccc2c1CCCN2. The molecule has 1 aliphatic rings. The lowest BCUT2D eigenvalue weighted by molar-refractivity contribution is 0.227. The number of nitrogens with one attached hydrogen (secondary N) is 3. The standard InChI is InChI=1S/C16H25N3O/c1-11(2)18-15(20)19-16(3,4)13-8-5-9-14-12(13)7-6-10-17-14/h5,8-9,11,17H,6-7,10H2,1-4H3,(H2,18,19,20). The Morgan fingerprint density at radius 2 is 2.10 bits per heavy atom. The molecule has 4 nitrogen and oxygen atoms in total. The lowest BCUT2D eigenvalue weighted by atomic mass is 9.86. The van der Waals surface area contributed by atoms with Crippen molar-refractivity contribution in [2.45, 2.75) is 52.1 Å². The van der Waals surface area contributed by atoms with E-state index < -0.39 is 0 Å². The number of urea groups is 1. The van der Waals surface area contributed by atoms with Crippen molar-refractivity contribution in [3.63, 3.8) is 0 Å². The molecule has 0 unspecified atom stereocenters. The van der Waals surface area contributed by atoms with Gasteiger partial charge in [-0.05, 0) is 57.7 Å². The number of hydrogen-bond donors (Lipinski definition) is 3. The van der Waals surface area contributed by atoms with Crippen LogP contribution in [0.1, 0.15) is 45.2 Å². The molecule has 0 aliphatic carbocycles. The third kappa shape index (κ3) is 3.24. The van der Waals surface area contributed by atoms with E-state index >= 15 is 0 Å². The first-order chi connectivity index (χ1) is 9.40. The van der Waals surface area contributed by atoms with Gasteiger partial charge in [0.1, 0.15) is 0 Å². The first-order valence-electron chi connectivity index (χ1n) is 7.35. The van der Waals surface area contributed by atoms with Crippen molar-refractivity contribution >= 4 is 11.7 Å². The summed E-state index contributed by atoms with van der Waals surface area (Å²) in [7, 11) is 0. The number of hydrogen-bond acceptors (Lipinski definition) is 2. The zero-order valence-electron chi connectivity index (χ0n) is 12.8. The highest BCUT2D eigenvalue weighted by Gasteiger charge is 2.27. The van der Waals surface area contributed by atoms with Crippen molar-refractivity contribution in [3.05, 3.63) is 29.3 Å². The summed E-state index contributed by atoms with van der Waals surface area (Å²) in [5, 5.41) is 9.39. The summed E-state index contributed by atoms with van der Waals surface area (Å²) in [6.07, 6.45) is 2.20. The van der Waals surface area contributed by atoms with E-state index in [1.54, 1.807) is 0 Å². The minimum atomic E-state index is -0.386. The van der Waals surface area contributed by atoms with E-state index in [0.717, 1.165) is 19.4 Å². The fraction of sp³-hybridized carbons (Fsp3) is 0.562. The molecule has 1 aromatic rings. The lowest BCUT2D eigenvalue weighted by Gasteiger charge is -2.32. The van der Waals surface area contributed by atoms with Crippen LogP contribution in [0.3, 0.4) is 0 Å². The summed E-state index contributed by atoms with van der Waals surface area (Å²) in [6, 6.07) is 6.29. The quantitative estimate of drug-likeness (QED) is 0.794. The van der Waals surface area contributed by atoms with Gasteiger partial charge < -0.3 is 16.0 Å². The maximum Gasteiger partial charge on any atom is 0.315 e.